The normalized spacial score (nSPS) is 24.3. The van der Waals surface area contributed by atoms with Gasteiger partial charge in [-0.05, 0) is 19.3 Å². The minimum absolute atomic E-state index is 0.292. The fourth-order valence-electron chi connectivity index (χ4n) is 2.28. The van der Waals surface area contributed by atoms with Gasteiger partial charge in [-0.3, -0.25) is 0 Å². The highest BCUT2D eigenvalue weighted by atomic mass is 16.3. The number of hydrogen-bond donors (Lipinski definition) is 2. The van der Waals surface area contributed by atoms with Crippen LogP contribution < -0.4 is 10.6 Å². The van der Waals surface area contributed by atoms with Crippen molar-refractivity contribution < 1.29 is 5.11 Å². The lowest BCUT2D eigenvalue weighted by Crippen LogP contribution is -2.43. The largest absolute Gasteiger partial charge is 0.391 e. The number of anilines is 2. The molecule has 0 amide bonds. The standard InChI is InChI=1S/C13H22N4O/c1-4-11-15-12(14)9(3)13(16-11)17-6-5-8(2)10(18)7-17/h8,10,18H,4-7H2,1-3H3,(H2,14,15,16). The molecule has 3 N–H and O–H groups in total. The van der Waals surface area contributed by atoms with Crippen LogP contribution in [0.3, 0.4) is 0 Å². The van der Waals surface area contributed by atoms with Crippen molar-refractivity contribution in [3.63, 3.8) is 0 Å². The van der Waals surface area contributed by atoms with E-state index in [2.05, 4.69) is 21.8 Å². The minimum Gasteiger partial charge on any atom is -0.391 e. The maximum atomic E-state index is 9.98. The molecule has 1 saturated heterocycles. The highest BCUT2D eigenvalue weighted by Crippen LogP contribution is 2.26. The topological polar surface area (TPSA) is 75.3 Å². The lowest BCUT2D eigenvalue weighted by molar-refractivity contribution is 0.102. The van der Waals surface area contributed by atoms with E-state index in [0.717, 1.165) is 36.6 Å². The van der Waals surface area contributed by atoms with Crippen LogP contribution in [0.25, 0.3) is 0 Å². The summed E-state index contributed by atoms with van der Waals surface area (Å²) in [6.45, 7) is 7.58. The monoisotopic (exact) mass is 250 g/mol. The molecular formula is C13H22N4O. The number of rotatable bonds is 2. The van der Waals surface area contributed by atoms with Gasteiger partial charge < -0.3 is 15.7 Å². The Hall–Kier alpha value is -1.36. The molecule has 100 valence electrons. The SMILES string of the molecule is CCc1nc(N)c(C)c(N2CCC(C)C(O)C2)n1. The number of β-amino-alcohol motifs (C(OH)–C–C–N with tert-alkyl or cyclic N) is 1. The molecular weight excluding hydrogens is 228 g/mol. The highest BCUT2D eigenvalue weighted by Gasteiger charge is 2.26. The van der Waals surface area contributed by atoms with Crippen LogP contribution in [0, 0.1) is 12.8 Å². The number of nitrogens with two attached hydrogens (primary N) is 1. The van der Waals surface area contributed by atoms with Gasteiger partial charge >= 0.3 is 0 Å². The van der Waals surface area contributed by atoms with Crippen molar-refractivity contribution in [2.24, 2.45) is 5.92 Å². The molecule has 1 aromatic heterocycles. The number of aliphatic hydroxyl groups is 1. The lowest BCUT2D eigenvalue weighted by atomic mass is 9.96. The molecule has 0 radical (unpaired) electrons. The van der Waals surface area contributed by atoms with Crippen LogP contribution in [0.5, 0.6) is 0 Å². The molecule has 2 unspecified atom stereocenters. The molecule has 2 rings (SSSR count). The first-order valence-electron chi connectivity index (χ1n) is 6.59. The van der Waals surface area contributed by atoms with Crippen LogP contribution in [0.15, 0.2) is 0 Å². The second-order valence-corrected chi connectivity index (χ2v) is 5.11. The molecule has 5 nitrogen and oxygen atoms in total. The molecule has 5 heteroatoms. The molecule has 1 fully saturated rings. The van der Waals surface area contributed by atoms with Crippen LogP contribution in [-0.4, -0.2) is 34.3 Å². The van der Waals surface area contributed by atoms with Crippen LogP contribution in [0.4, 0.5) is 11.6 Å². The Morgan fingerprint density at radius 2 is 2.17 bits per heavy atom. The summed E-state index contributed by atoms with van der Waals surface area (Å²) in [6, 6.07) is 0. The molecule has 2 atom stereocenters. The Balaban J connectivity index is 2.30. The summed E-state index contributed by atoms with van der Waals surface area (Å²) in [4.78, 5) is 10.9. The first kappa shape index (κ1) is 13.1. The maximum Gasteiger partial charge on any atom is 0.137 e. The van der Waals surface area contributed by atoms with Crippen LogP contribution in [0.1, 0.15) is 31.7 Å². The third kappa shape index (κ3) is 2.41. The van der Waals surface area contributed by atoms with E-state index in [4.69, 9.17) is 5.73 Å². The number of piperidine rings is 1. The van der Waals surface area contributed by atoms with E-state index >= 15 is 0 Å². The molecule has 2 heterocycles. The first-order valence-corrected chi connectivity index (χ1v) is 6.59. The summed E-state index contributed by atoms with van der Waals surface area (Å²) in [5, 5.41) is 9.98. The predicted octanol–water partition coefficient (Wildman–Crippen LogP) is 1.14. The van der Waals surface area contributed by atoms with Gasteiger partial charge in [0.1, 0.15) is 17.5 Å². The Bertz CT molecular complexity index is 435. The number of aryl methyl sites for hydroxylation is 1. The Labute approximate surface area is 108 Å². The molecule has 1 aromatic rings. The van der Waals surface area contributed by atoms with E-state index in [0.29, 0.717) is 18.3 Å². The van der Waals surface area contributed by atoms with Crippen LogP contribution >= 0.6 is 0 Å². The maximum absolute atomic E-state index is 9.98. The summed E-state index contributed by atoms with van der Waals surface area (Å²) < 4.78 is 0. The average Bonchev–Trinajstić information content (AvgIpc) is 2.36. The van der Waals surface area contributed by atoms with E-state index < -0.39 is 0 Å². The zero-order valence-electron chi connectivity index (χ0n) is 11.3. The van der Waals surface area contributed by atoms with Gasteiger partial charge in [-0.25, -0.2) is 9.97 Å². The van der Waals surface area contributed by atoms with E-state index in [1.54, 1.807) is 0 Å². The second kappa shape index (κ2) is 5.10. The number of nitrogens with zero attached hydrogens (tertiary/aromatic N) is 3. The van der Waals surface area contributed by atoms with Gasteiger partial charge in [0, 0.05) is 25.1 Å². The first-order chi connectivity index (χ1) is 8.52. The van der Waals surface area contributed by atoms with Gasteiger partial charge in [0.25, 0.3) is 0 Å². The van der Waals surface area contributed by atoms with E-state index in [-0.39, 0.29) is 6.10 Å². The van der Waals surface area contributed by atoms with Crippen molar-refractivity contribution in [3.8, 4) is 0 Å². The third-order valence-corrected chi connectivity index (χ3v) is 3.74. The predicted molar refractivity (Wildman–Crippen MR) is 72.6 cm³/mol. The van der Waals surface area contributed by atoms with Gasteiger partial charge in [-0.1, -0.05) is 13.8 Å². The number of hydrogen-bond acceptors (Lipinski definition) is 5. The van der Waals surface area contributed by atoms with Crippen LogP contribution in [0.2, 0.25) is 0 Å². The molecule has 0 aliphatic carbocycles. The van der Waals surface area contributed by atoms with Crippen molar-refractivity contribution in [2.75, 3.05) is 23.7 Å². The highest BCUT2D eigenvalue weighted by molar-refractivity contribution is 5.56. The van der Waals surface area contributed by atoms with Crippen molar-refractivity contribution >= 4 is 11.6 Å². The van der Waals surface area contributed by atoms with Gasteiger partial charge in [-0.2, -0.15) is 0 Å². The number of nitrogen functional groups attached to an aromatic ring is 1. The molecule has 1 aliphatic heterocycles. The third-order valence-electron chi connectivity index (χ3n) is 3.74. The van der Waals surface area contributed by atoms with E-state index in [1.165, 1.54) is 0 Å². The van der Waals surface area contributed by atoms with E-state index in [1.807, 2.05) is 13.8 Å². The van der Waals surface area contributed by atoms with Gasteiger partial charge in [-0.15, -0.1) is 0 Å². The molecule has 0 aromatic carbocycles. The van der Waals surface area contributed by atoms with E-state index in [9.17, 15) is 5.11 Å². The zero-order chi connectivity index (χ0) is 13.3. The number of aromatic nitrogens is 2. The molecule has 1 aliphatic rings. The molecule has 18 heavy (non-hydrogen) atoms. The zero-order valence-corrected chi connectivity index (χ0v) is 11.3. The van der Waals surface area contributed by atoms with Gasteiger partial charge in [0.2, 0.25) is 0 Å². The second-order valence-electron chi connectivity index (χ2n) is 5.11. The van der Waals surface area contributed by atoms with Crippen LogP contribution in [-0.2, 0) is 6.42 Å². The van der Waals surface area contributed by atoms with Crippen molar-refractivity contribution in [3.05, 3.63) is 11.4 Å². The summed E-state index contributed by atoms with van der Waals surface area (Å²) in [6.07, 6.45) is 1.45. The minimum atomic E-state index is -0.292. The average molecular weight is 250 g/mol. The summed E-state index contributed by atoms with van der Waals surface area (Å²) in [5.41, 5.74) is 6.84. The van der Waals surface area contributed by atoms with Gasteiger partial charge in [0.15, 0.2) is 0 Å². The number of aliphatic hydroxyl groups excluding tert-OH is 1. The smallest absolute Gasteiger partial charge is 0.137 e. The Morgan fingerprint density at radius 1 is 1.44 bits per heavy atom. The fraction of sp³-hybridized carbons (Fsp3) is 0.692. The lowest BCUT2D eigenvalue weighted by Gasteiger charge is -2.35. The Morgan fingerprint density at radius 3 is 2.78 bits per heavy atom. The molecule has 0 bridgehead atoms. The fourth-order valence-corrected chi connectivity index (χ4v) is 2.28. The van der Waals surface area contributed by atoms with Crippen molar-refractivity contribution in [1.82, 2.24) is 9.97 Å². The quantitative estimate of drug-likeness (QED) is 0.823. The van der Waals surface area contributed by atoms with Gasteiger partial charge in [0.05, 0.1) is 6.10 Å². The summed E-state index contributed by atoms with van der Waals surface area (Å²) in [5.74, 6) is 2.54. The summed E-state index contributed by atoms with van der Waals surface area (Å²) in [7, 11) is 0. The van der Waals surface area contributed by atoms with Crippen molar-refractivity contribution in [2.45, 2.75) is 39.7 Å². The molecule has 0 saturated carbocycles. The molecule has 0 spiro atoms. The summed E-state index contributed by atoms with van der Waals surface area (Å²) >= 11 is 0. The Kier molecular flexibility index (Phi) is 3.71. The van der Waals surface area contributed by atoms with Crippen molar-refractivity contribution in [1.29, 1.82) is 0 Å².